The minimum absolute atomic E-state index is 0.0642. The van der Waals surface area contributed by atoms with Crippen LogP contribution in [0.15, 0.2) is 0 Å². The smallest absolute Gasteiger partial charge is 0.307 e. The lowest BCUT2D eigenvalue weighted by Crippen LogP contribution is -2.36. The van der Waals surface area contributed by atoms with Crippen LogP contribution in [0, 0.1) is 17.8 Å². The first kappa shape index (κ1) is 13.4. The van der Waals surface area contributed by atoms with Gasteiger partial charge in [-0.3, -0.25) is 9.59 Å². The minimum atomic E-state index is -0.838. The number of hydrogen-bond acceptors (Lipinski definition) is 2. The van der Waals surface area contributed by atoms with Crippen molar-refractivity contribution in [2.75, 3.05) is 0 Å². The second kappa shape index (κ2) is 5.72. The van der Waals surface area contributed by atoms with Crippen LogP contribution in [0.4, 0.5) is 0 Å². The third-order valence-electron chi connectivity index (χ3n) is 4.24. The number of carbonyl (C=O) groups is 2. The molecular weight excluding hydrogens is 230 g/mol. The SMILES string of the molecule is C[C@H](CC1CCCCC1)NC(=O)C1CC1C(=O)O. The quantitative estimate of drug-likeness (QED) is 0.789. The summed E-state index contributed by atoms with van der Waals surface area (Å²) in [6.45, 7) is 2.03. The minimum Gasteiger partial charge on any atom is -0.481 e. The molecule has 2 aliphatic rings. The van der Waals surface area contributed by atoms with Gasteiger partial charge < -0.3 is 10.4 Å². The first-order valence-electron chi connectivity index (χ1n) is 7.11. The fourth-order valence-electron chi connectivity index (χ4n) is 3.09. The molecule has 2 saturated carbocycles. The molecule has 2 fully saturated rings. The van der Waals surface area contributed by atoms with E-state index in [1.54, 1.807) is 0 Å². The van der Waals surface area contributed by atoms with Crippen molar-refractivity contribution in [3.8, 4) is 0 Å². The number of carboxylic acid groups (broad SMARTS) is 1. The molecule has 0 spiro atoms. The van der Waals surface area contributed by atoms with E-state index in [0.29, 0.717) is 6.42 Å². The van der Waals surface area contributed by atoms with Gasteiger partial charge in [-0.05, 0) is 25.7 Å². The summed E-state index contributed by atoms with van der Waals surface area (Å²) in [6.07, 6.45) is 8.08. The molecule has 3 atom stereocenters. The summed E-state index contributed by atoms with van der Waals surface area (Å²) in [5, 5.41) is 11.8. The lowest BCUT2D eigenvalue weighted by Gasteiger charge is -2.25. The highest BCUT2D eigenvalue weighted by atomic mass is 16.4. The molecule has 102 valence electrons. The van der Waals surface area contributed by atoms with Crippen molar-refractivity contribution in [1.29, 1.82) is 0 Å². The Balaban J connectivity index is 1.69. The summed E-state index contributed by atoms with van der Waals surface area (Å²) in [6, 6.07) is 0.177. The van der Waals surface area contributed by atoms with E-state index in [0.717, 1.165) is 12.3 Å². The first-order chi connectivity index (χ1) is 8.58. The van der Waals surface area contributed by atoms with Crippen molar-refractivity contribution in [2.45, 2.75) is 57.9 Å². The highest BCUT2D eigenvalue weighted by Gasteiger charge is 2.48. The number of carboxylic acids is 1. The molecule has 0 aromatic carbocycles. The summed E-state index contributed by atoms with van der Waals surface area (Å²) < 4.78 is 0. The maximum absolute atomic E-state index is 11.8. The predicted molar refractivity (Wildman–Crippen MR) is 68.0 cm³/mol. The van der Waals surface area contributed by atoms with Gasteiger partial charge >= 0.3 is 5.97 Å². The van der Waals surface area contributed by atoms with Crippen LogP contribution in [0.2, 0.25) is 0 Å². The van der Waals surface area contributed by atoms with Crippen LogP contribution in [-0.2, 0) is 9.59 Å². The number of aliphatic carboxylic acids is 1. The summed E-state index contributed by atoms with van der Waals surface area (Å²) in [7, 11) is 0. The monoisotopic (exact) mass is 253 g/mol. The normalized spacial score (nSPS) is 29.6. The summed E-state index contributed by atoms with van der Waals surface area (Å²) in [5.74, 6) is -0.882. The van der Waals surface area contributed by atoms with E-state index in [1.165, 1.54) is 32.1 Å². The largest absolute Gasteiger partial charge is 0.481 e. The molecule has 0 saturated heterocycles. The zero-order valence-corrected chi connectivity index (χ0v) is 11.0. The molecule has 4 heteroatoms. The number of hydrogen-bond donors (Lipinski definition) is 2. The Bertz CT molecular complexity index is 323. The Hall–Kier alpha value is -1.06. The van der Waals surface area contributed by atoms with Crippen LogP contribution in [0.5, 0.6) is 0 Å². The van der Waals surface area contributed by atoms with E-state index < -0.39 is 11.9 Å². The van der Waals surface area contributed by atoms with Gasteiger partial charge in [-0.15, -0.1) is 0 Å². The lowest BCUT2D eigenvalue weighted by atomic mass is 9.85. The Kier molecular flexibility index (Phi) is 4.25. The van der Waals surface area contributed by atoms with Gasteiger partial charge in [-0.25, -0.2) is 0 Å². The van der Waals surface area contributed by atoms with Crippen molar-refractivity contribution in [3.05, 3.63) is 0 Å². The molecule has 2 N–H and O–H groups in total. The highest BCUT2D eigenvalue weighted by Crippen LogP contribution is 2.39. The average molecular weight is 253 g/mol. The topological polar surface area (TPSA) is 66.4 Å². The molecule has 2 aliphatic carbocycles. The van der Waals surface area contributed by atoms with Crippen LogP contribution >= 0.6 is 0 Å². The van der Waals surface area contributed by atoms with Crippen molar-refractivity contribution in [2.24, 2.45) is 17.8 Å². The fraction of sp³-hybridized carbons (Fsp3) is 0.857. The van der Waals surface area contributed by atoms with E-state index in [4.69, 9.17) is 5.11 Å². The van der Waals surface area contributed by atoms with Gasteiger partial charge in [0.1, 0.15) is 0 Å². The molecule has 0 aromatic heterocycles. The zero-order chi connectivity index (χ0) is 13.1. The van der Waals surface area contributed by atoms with Gasteiger partial charge in [0.15, 0.2) is 0 Å². The second-order valence-corrected chi connectivity index (χ2v) is 5.94. The van der Waals surface area contributed by atoms with E-state index >= 15 is 0 Å². The molecular formula is C14H23NO3. The van der Waals surface area contributed by atoms with Crippen molar-refractivity contribution < 1.29 is 14.7 Å². The molecule has 0 heterocycles. The number of carbonyl (C=O) groups excluding carboxylic acids is 1. The van der Waals surface area contributed by atoms with Crippen molar-refractivity contribution in [3.63, 3.8) is 0 Å². The molecule has 2 unspecified atom stereocenters. The van der Waals surface area contributed by atoms with Gasteiger partial charge in [-0.1, -0.05) is 32.1 Å². The van der Waals surface area contributed by atoms with Gasteiger partial charge in [0.2, 0.25) is 5.91 Å². The Morgan fingerprint density at radius 1 is 1.22 bits per heavy atom. The van der Waals surface area contributed by atoms with Crippen LogP contribution in [0.1, 0.15) is 51.9 Å². The second-order valence-electron chi connectivity index (χ2n) is 5.94. The van der Waals surface area contributed by atoms with E-state index in [1.807, 2.05) is 6.92 Å². The average Bonchev–Trinajstić information content (AvgIpc) is 3.09. The highest BCUT2D eigenvalue weighted by molar-refractivity contribution is 5.89. The van der Waals surface area contributed by atoms with Crippen LogP contribution in [0.25, 0.3) is 0 Å². The van der Waals surface area contributed by atoms with Gasteiger partial charge in [-0.2, -0.15) is 0 Å². The molecule has 2 rings (SSSR count). The van der Waals surface area contributed by atoms with E-state index in [2.05, 4.69) is 5.32 Å². The first-order valence-corrected chi connectivity index (χ1v) is 7.11. The van der Waals surface area contributed by atoms with Gasteiger partial charge in [0.25, 0.3) is 0 Å². The Morgan fingerprint density at radius 3 is 2.44 bits per heavy atom. The number of nitrogens with one attached hydrogen (secondary N) is 1. The molecule has 0 bridgehead atoms. The molecule has 4 nitrogen and oxygen atoms in total. The Labute approximate surface area is 108 Å². The maximum Gasteiger partial charge on any atom is 0.307 e. The van der Waals surface area contributed by atoms with Crippen LogP contribution < -0.4 is 5.32 Å². The maximum atomic E-state index is 11.8. The van der Waals surface area contributed by atoms with E-state index in [-0.39, 0.29) is 17.9 Å². The van der Waals surface area contributed by atoms with Gasteiger partial charge in [0.05, 0.1) is 11.8 Å². The third-order valence-corrected chi connectivity index (χ3v) is 4.24. The Morgan fingerprint density at radius 2 is 1.89 bits per heavy atom. The molecule has 0 aromatic rings. The van der Waals surface area contributed by atoms with Crippen molar-refractivity contribution >= 4 is 11.9 Å². The summed E-state index contributed by atoms with van der Waals surface area (Å²) >= 11 is 0. The summed E-state index contributed by atoms with van der Waals surface area (Å²) in [5.41, 5.74) is 0. The lowest BCUT2D eigenvalue weighted by molar-refractivity contribution is -0.140. The zero-order valence-electron chi connectivity index (χ0n) is 11.0. The molecule has 1 amide bonds. The third kappa shape index (κ3) is 3.47. The predicted octanol–water partition coefficient (Wildman–Crippen LogP) is 2.18. The molecule has 18 heavy (non-hydrogen) atoms. The molecule has 0 aliphatic heterocycles. The van der Waals surface area contributed by atoms with Crippen LogP contribution in [-0.4, -0.2) is 23.0 Å². The van der Waals surface area contributed by atoms with E-state index in [9.17, 15) is 9.59 Å². The fourth-order valence-corrected chi connectivity index (χ4v) is 3.09. The number of amides is 1. The van der Waals surface area contributed by atoms with Crippen LogP contribution in [0.3, 0.4) is 0 Å². The summed E-state index contributed by atoms with van der Waals surface area (Å²) in [4.78, 5) is 22.5. The molecule has 0 radical (unpaired) electrons. The van der Waals surface area contributed by atoms with Crippen molar-refractivity contribution in [1.82, 2.24) is 5.32 Å². The number of rotatable bonds is 5. The standard InChI is InChI=1S/C14H23NO3/c1-9(7-10-5-3-2-4-6-10)15-13(16)11-8-12(11)14(17)18/h9-12H,2-8H2,1H3,(H,15,16)(H,17,18)/t9-,11?,12?/m1/s1. The van der Waals surface area contributed by atoms with Gasteiger partial charge in [0, 0.05) is 6.04 Å².